The molecule has 0 saturated carbocycles. The van der Waals surface area contributed by atoms with E-state index in [9.17, 15) is 4.79 Å². The van der Waals surface area contributed by atoms with E-state index in [4.69, 9.17) is 4.74 Å². The Hall–Kier alpha value is -1.37. The minimum absolute atomic E-state index is 0.220. The second kappa shape index (κ2) is 5.73. The maximum Gasteiger partial charge on any atom is 0.410 e. The Kier molecular flexibility index (Phi) is 4.24. The van der Waals surface area contributed by atoms with Gasteiger partial charge in [0.25, 0.3) is 0 Å². The number of amides is 1. The second-order valence-corrected chi connectivity index (χ2v) is 6.46. The monoisotopic (exact) mass is 284 g/mol. The first-order valence-electron chi connectivity index (χ1n) is 6.45. The van der Waals surface area contributed by atoms with Gasteiger partial charge >= 0.3 is 6.09 Å². The van der Waals surface area contributed by atoms with Crippen LogP contribution >= 0.6 is 11.3 Å². The molecule has 1 aromatic heterocycles. The first kappa shape index (κ1) is 14.0. The Labute approximate surface area is 117 Å². The molecule has 1 N–H and O–H groups in total. The molecule has 1 fully saturated rings. The molecule has 19 heavy (non-hydrogen) atoms. The van der Waals surface area contributed by atoms with E-state index in [1.54, 1.807) is 10.4 Å². The van der Waals surface area contributed by atoms with E-state index in [2.05, 4.69) is 15.5 Å². The van der Waals surface area contributed by atoms with Crippen molar-refractivity contribution in [3.8, 4) is 0 Å². The van der Waals surface area contributed by atoms with Crippen molar-refractivity contribution < 1.29 is 9.53 Å². The number of rotatable bonds is 2. The summed E-state index contributed by atoms with van der Waals surface area (Å²) in [5, 5.41) is 11.9. The van der Waals surface area contributed by atoms with Crippen molar-refractivity contribution in [2.75, 3.05) is 18.4 Å². The maximum absolute atomic E-state index is 11.9. The van der Waals surface area contributed by atoms with E-state index < -0.39 is 5.60 Å². The Morgan fingerprint density at radius 3 is 2.68 bits per heavy atom. The number of ether oxygens (including phenoxy) is 1. The van der Waals surface area contributed by atoms with Gasteiger partial charge in [0.15, 0.2) is 0 Å². The molecule has 0 spiro atoms. The van der Waals surface area contributed by atoms with Gasteiger partial charge < -0.3 is 15.0 Å². The van der Waals surface area contributed by atoms with Crippen LogP contribution in [0.5, 0.6) is 0 Å². The second-order valence-electron chi connectivity index (χ2n) is 5.63. The Morgan fingerprint density at radius 2 is 2.16 bits per heavy atom. The van der Waals surface area contributed by atoms with Crippen LogP contribution in [0.2, 0.25) is 0 Å². The lowest BCUT2D eigenvalue weighted by atomic mass is 10.1. The average molecular weight is 284 g/mol. The lowest BCUT2D eigenvalue weighted by Gasteiger charge is -2.33. The molecule has 7 heteroatoms. The molecule has 1 aliphatic heterocycles. The predicted octanol–water partition coefficient (Wildman–Crippen LogP) is 2.35. The van der Waals surface area contributed by atoms with Crippen molar-refractivity contribution in [3.63, 3.8) is 0 Å². The first-order chi connectivity index (χ1) is 8.94. The minimum Gasteiger partial charge on any atom is -0.444 e. The van der Waals surface area contributed by atoms with Gasteiger partial charge in [-0.2, -0.15) is 0 Å². The quantitative estimate of drug-likeness (QED) is 0.903. The van der Waals surface area contributed by atoms with Gasteiger partial charge in [0, 0.05) is 19.1 Å². The Balaban J connectivity index is 1.77. The number of hydrogen-bond donors (Lipinski definition) is 1. The fraction of sp³-hybridized carbons (Fsp3) is 0.750. The van der Waals surface area contributed by atoms with Gasteiger partial charge in [0.05, 0.1) is 0 Å². The van der Waals surface area contributed by atoms with E-state index >= 15 is 0 Å². The van der Waals surface area contributed by atoms with Crippen LogP contribution in [-0.2, 0) is 4.74 Å². The predicted molar refractivity (Wildman–Crippen MR) is 74.4 cm³/mol. The van der Waals surface area contributed by atoms with Crippen molar-refractivity contribution in [2.24, 2.45) is 0 Å². The van der Waals surface area contributed by atoms with Crippen LogP contribution in [0.15, 0.2) is 5.51 Å². The first-order valence-corrected chi connectivity index (χ1v) is 7.32. The van der Waals surface area contributed by atoms with Gasteiger partial charge in [-0.3, -0.25) is 0 Å². The molecular formula is C12H20N4O2S. The number of likely N-dealkylation sites (tertiary alicyclic amines) is 1. The van der Waals surface area contributed by atoms with E-state index in [1.165, 1.54) is 11.3 Å². The van der Waals surface area contributed by atoms with E-state index in [1.807, 2.05) is 20.8 Å². The molecule has 0 unspecified atom stereocenters. The fourth-order valence-corrected chi connectivity index (χ4v) is 2.47. The number of nitrogens with one attached hydrogen (secondary N) is 1. The molecule has 106 valence electrons. The number of carbonyl (C=O) groups excluding carboxylic acids is 1. The van der Waals surface area contributed by atoms with Gasteiger partial charge in [-0.1, -0.05) is 11.3 Å². The molecule has 0 bridgehead atoms. The molecule has 1 amide bonds. The highest BCUT2D eigenvalue weighted by Crippen LogP contribution is 2.19. The molecular weight excluding hydrogens is 264 g/mol. The third-order valence-electron chi connectivity index (χ3n) is 2.83. The lowest BCUT2D eigenvalue weighted by Crippen LogP contribution is -2.44. The highest BCUT2D eigenvalue weighted by atomic mass is 32.1. The van der Waals surface area contributed by atoms with Crippen molar-refractivity contribution >= 4 is 22.6 Å². The summed E-state index contributed by atoms with van der Waals surface area (Å²) >= 11 is 1.49. The summed E-state index contributed by atoms with van der Waals surface area (Å²) in [6.45, 7) is 7.08. The minimum atomic E-state index is -0.432. The molecule has 0 aromatic carbocycles. The van der Waals surface area contributed by atoms with Crippen molar-refractivity contribution in [1.82, 2.24) is 15.1 Å². The number of aromatic nitrogens is 2. The van der Waals surface area contributed by atoms with Gasteiger partial charge in [-0.25, -0.2) is 4.79 Å². The van der Waals surface area contributed by atoms with Crippen LogP contribution in [0.25, 0.3) is 0 Å². The van der Waals surface area contributed by atoms with Crippen LogP contribution in [0.1, 0.15) is 33.6 Å². The molecule has 0 aliphatic carbocycles. The van der Waals surface area contributed by atoms with Gasteiger partial charge in [-0.15, -0.1) is 10.2 Å². The van der Waals surface area contributed by atoms with E-state index in [0.717, 1.165) is 18.0 Å². The Morgan fingerprint density at radius 1 is 1.47 bits per heavy atom. The SMILES string of the molecule is CC(C)(C)OC(=O)N1CCC(Nc2nncs2)CC1. The zero-order valence-corrected chi connectivity index (χ0v) is 12.4. The smallest absolute Gasteiger partial charge is 0.410 e. The standard InChI is InChI=1S/C12H20N4O2S/c1-12(2,3)18-11(17)16-6-4-9(5-7-16)14-10-15-13-8-19-10/h8-9H,4-7H2,1-3H3,(H,14,15). The van der Waals surface area contributed by atoms with Crippen LogP contribution in [0, 0.1) is 0 Å². The van der Waals surface area contributed by atoms with Crippen LogP contribution in [0.3, 0.4) is 0 Å². The van der Waals surface area contributed by atoms with Gasteiger partial charge in [-0.05, 0) is 33.6 Å². The number of piperidine rings is 1. The third-order valence-corrected chi connectivity index (χ3v) is 3.46. The normalized spacial score (nSPS) is 17.3. The lowest BCUT2D eigenvalue weighted by molar-refractivity contribution is 0.0210. The molecule has 1 aromatic rings. The zero-order valence-electron chi connectivity index (χ0n) is 11.5. The Bertz CT molecular complexity index is 408. The van der Waals surface area contributed by atoms with E-state index in [0.29, 0.717) is 19.1 Å². The average Bonchev–Trinajstić information content (AvgIpc) is 2.80. The van der Waals surface area contributed by atoms with Gasteiger partial charge in [0.1, 0.15) is 11.1 Å². The highest BCUT2D eigenvalue weighted by molar-refractivity contribution is 7.13. The summed E-state index contributed by atoms with van der Waals surface area (Å²) in [6.07, 6.45) is 1.58. The van der Waals surface area contributed by atoms with Crippen molar-refractivity contribution in [1.29, 1.82) is 0 Å². The number of carbonyl (C=O) groups is 1. The largest absolute Gasteiger partial charge is 0.444 e. The topological polar surface area (TPSA) is 67.3 Å². The molecule has 0 atom stereocenters. The number of nitrogens with zero attached hydrogens (tertiary/aromatic N) is 3. The van der Waals surface area contributed by atoms with Crippen LogP contribution in [0.4, 0.5) is 9.93 Å². The molecule has 2 rings (SSSR count). The molecule has 1 saturated heterocycles. The zero-order chi connectivity index (χ0) is 13.9. The summed E-state index contributed by atoms with van der Waals surface area (Å²) in [6, 6.07) is 0.353. The molecule has 6 nitrogen and oxygen atoms in total. The van der Waals surface area contributed by atoms with Gasteiger partial charge in [0.2, 0.25) is 5.13 Å². The number of anilines is 1. The van der Waals surface area contributed by atoms with E-state index in [-0.39, 0.29) is 6.09 Å². The summed E-state index contributed by atoms with van der Waals surface area (Å²) < 4.78 is 5.36. The van der Waals surface area contributed by atoms with Crippen molar-refractivity contribution in [2.45, 2.75) is 45.3 Å². The summed E-state index contributed by atoms with van der Waals surface area (Å²) in [5.41, 5.74) is 1.27. The highest BCUT2D eigenvalue weighted by Gasteiger charge is 2.26. The summed E-state index contributed by atoms with van der Waals surface area (Å²) in [4.78, 5) is 13.7. The van der Waals surface area contributed by atoms with Crippen LogP contribution < -0.4 is 5.32 Å². The molecule has 1 aliphatic rings. The summed E-state index contributed by atoms with van der Waals surface area (Å²) in [7, 11) is 0. The maximum atomic E-state index is 11.9. The van der Waals surface area contributed by atoms with Crippen molar-refractivity contribution in [3.05, 3.63) is 5.51 Å². The fourth-order valence-electron chi connectivity index (χ4n) is 1.94. The molecule has 0 radical (unpaired) electrons. The van der Waals surface area contributed by atoms with Crippen LogP contribution in [-0.4, -0.2) is 45.9 Å². The summed E-state index contributed by atoms with van der Waals surface area (Å²) in [5.74, 6) is 0. The number of hydrogen-bond acceptors (Lipinski definition) is 6. The third kappa shape index (κ3) is 4.34. The molecule has 2 heterocycles.